The highest BCUT2D eigenvalue weighted by Gasteiger charge is 2.31. The van der Waals surface area contributed by atoms with E-state index in [0.29, 0.717) is 12.3 Å². The van der Waals surface area contributed by atoms with Gasteiger partial charge in [0, 0.05) is 23.0 Å². The zero-order valence-electron chi connectivity index (χ0n) is 9.43. The first-order valence-corrected chi connectivity index (χ1v) is 6.08. The van der Waals surface area contributed by atoms with Gasteiger partial charge in [-0.3, -0.25) is 9.78 Å². The van der Waals surface area contributed by atoms with Crippen molar-refractivity contribution in [1.82, 2.24) is 10.3 Å². The Balaban J connectivity index is 2.60. The second-order valence-corrected chi connectivity index (χ2v) is 4.69. The number of rotatable bonds is 6. The molecule has 0 aliphatic rings. The van der Waals surface area contributed by atoms with Gasteiger partial charge in [0.05, 0.1) is 0 Å². The van der Waals surface area contributed by atoms with Crippen LogP contribution in [-0.4, -0.2) is 33.9 Å². The zero-order chi connectivity index (χ0) is 12.0. The Morgan fingerprint density at radius 3 is 2.69 bits per heavy atom. The van der Waals surface area contributed by atoms with E-state index in [2.05, 4.69) is 10.3 Å². The topological polar surface area (TPSA) is 62.2 Å². The fraction of sp³-hybridized carbons (Fsp3) is 0.455. The molecule has 0 spiro atoms. The van der Waals surface area contributed by atoms with Crippen LogP contribution in [0.1, 0.15) is 13.8 Å². The van der Waals surface area contributed by atoms with Gasteiger partial charge in [-0.05, 0) is 25.6 Å². The third-order valence-corrected chi connectivity index (χ3v) is 3.54. The minimum Gasteiger partial charge on any atom is -0.480 e. The molecule has 1 aromatic heterocycles. The quantitative estimate of drug-likeness (QED) is 0.740. The maximum Gasteiger partial charge on any atom is 0.324 e. The molecule has 16 heavy (non-hydrogen) atoms. The molecule has 1 rings (SSSR count). The molecule has 0 aromatic carbocycles. The van der Waals surface area contributed by atoms with Crippen LogP contribution >= 0.6 is 11.8 Å². The van der Waals surface area contributed by atoms with E-state index in [0.717, 1.165) is 4.90 Å². The van der Waals surface area contributed by atoms with Gasteiger partial charge in [0.2, 0.25) is 0 Å². The minimum atomic E-state index is -0.886. The molecule has 1 aromatic rings. The lowest BCUT2D eigenvalue weighted by Crippen LogP contribution is -2.51. The molecular weight excluding hydrogens is 224 g/mol. The number of nitrogens with zero attached hydrogens (tertiary/aromatic N) is 1. The minimum absolute atomic E-state index is 0.486. The van der Waals surface area contributed by atoms with Crippen LogP contribution in [0.2, 0.25) is 0 Å². The van der Waals surface area contributed by atoms with Gasteiger partial charge in [-0.2, -0.15) is 0 Å². The summed E-state index contributed by atoms with van der Waals surface area (Å²) >= 11 is 1.51. The summed E-state index contributed by atoms with van der Waals surface area (Å²) in [4.78, 5) is 16.1. The first kappa shape index (κ1) is 13.0. The Morgan fingerprint density at radius 2 is 2.19 bits per heavy atom. The summed E-state index contributed by atoms with van der Waals surface area (Å²) < 4.78 is 0. The van der Waals surface area contributed by atoms with Crippen molar-refractivity contribution >= 4 is 17.7 Å². The van der Waals surface area contributed by atoms with E-state index in [9.17, 15) is 4.79 Å². The first-order valence-electron chi connectivity index (χ1n) is 5.10. The van der Waals surface area contributed by atoms with Crippen molar-refractivity contribution in [3.05, 3.63) is 24.5 Å². The molecule has 0 amide bonds. The van der Waals surface area contributed by atoms with Gasteiger partial charge < -0.3 is 10.4 Å². The van der Waals surface area contributed by atoms with E-state index in [-0.39, 0.29) is 0 Å². The number of likely N-dealkylation sites (N-methyl/N-ethyl adjacent to an activating group) is 1. The predicted molar refractivity (Wildman–Crippen MR) is 64.7 cm³/mol. The Bertz CT molecular complexity index is 345. The second-order valence-electron chi connectivity index (χ2n) is 3.64. The molecule has 5 heteroatoms. The van der Waals surface area contributed by atoms with E-state index in [1.807, 2.05) is 19.1 Å². The van der Waals surface area contributed by atoms with Gasteiger partial charge >= 0.3 is 5.97 Å². The van der Waals surface area contributed by atoms with E-state index >= 15 is 0 Å². The largest absolute Gasteiger partial charge is 0.480 e. The maximum atomic E-state index is 11.1. The molecule has 0 saturated carbocycles. The lowest BCUT2D eigenvalue weighted by Gasteiger charge is -2.25. The van der Waals surface area contributed by atoms with E-state index in [1.54, 1.807) is 19.3 Å². The van der Waals surface area contributed by atoms with Crippen LogP contribution in [0.4, 0.5) is 0 Å². The normalized spacial score (nSPS) is 14.4. The molecular formula is C11H16N2O2S. The number of thioether (sulfide) groups is 1. The van der Waals surface area contributed by atoms with E-state index in [4.69, 9.17) is 5.11 Å². The summed E-state index contributed by atoms with van der Waals surface area (Å²) in [6.07, 6.45) is 3.40. The van der Waals surface area contributed by atoms with Crippen LogP contribution in [0.25, 0.3) is 0 Å². The van der Waals surface area contributed by atoms with Crippen LogP contribution in [0.5, 0.6) is 0 Å². The highest BCUT2D eigenvalue weighted by molar-refractivity contribution is 7.99. The molecule has 0 saturated heterocycles. The standard InChI is InChI=1S/C11H16N2O2S/c1-3-13-11(2,10(14)15)8-16-9-4-6-12-7-5-9/h4-7,13H,3,8H2,1-2H3,(H,14,15). The summed E-state index contributed by atoms with van der Waals surface area (Å²) in [5.74, 6) is -0.337. The van der Waals surface area contributed by atoms with Gasteiger partial charge in [-0.25, -0.2) is 0 Å². The molecule has 0 fully saturated rings. The molecule has 1 atom stereocenters. The summed E-state index contributed by atoms with van der Waals surface area (Å²) in [5, 5.41) is 12.1. The number of hydrogen-bond donors (Lipinski definition) is 2. The third-order valence-electron chi connectivity index (χ3n) is 2.22. The molecule has 88 valence electrons. The highest BCUT2D eigenvalue weighted by atomic mass is 32.2. The van der Waals surface area contributed by atoms with E-state index in [1.165, 1.54) is 11.8 Å². The van der Waals surface area contributed by atoms with Crippen LogP contribution < -0.4 is 5.32 Å². The molecule has 1 heterocycles. The smallest absolute Gasteiger partial charge is 0.324 e. The number of nitrogens with one attached hydrogen (secondary N) is 1. The highest BCUT2D eigenvalue weighted by Crippen LogP contribution is 2.22. The Hall–Kier alpha value is -1.07. The van der Waals surface area contributed by atoms with Crippen molar-refractivity contribution in [3.8, 4) is 0 Å². The van der Waals surface area contributed by atoms with Gasteiger partial charge in [-0.1, -0.05) is 6.92 Å². The lowest BCUT2D eigenvalue weighted by atomic mass is 10.1. The van der Waals surface area contributed by atoms with Crippen LogP contribution in [0, 0.1) is 0 Å². The Morgan fingerprint density at radius 1 is 1.56 bits per heavy atom. The number of pyridine rings is 1. The van der Waals surface area contributed by atoms with Crippen molar-refractivity contribution in [2.24, 2.45) is 0 Å². The molecule has 0 bridgehead atoms. The second kappa shape index (κ2) is 5.86. The van der Waals surface area contributed by atoms with Gasteiger partial charge in [0.1, 0.15) is 5.54 Å². The number of aliphatic carboxylic acids is 1. The fourth-order valence-corrected chi connectivity index (χ4v) is 2.24. The number of hydrogen-bond acceptors (Lipinski definition) is 4. The van der Waals surface area contributed by atoms with Crippen molar-refractivity contribution in [2.45, 2.75) is 24.3 Å². The zero-order valence-corrected chi connectivity index (χ0v) is 10.3. The Labute approximate surface area is 99.5 Å². The summed E-state index contributed by atoms with van der Waals surface area (Å²) in [7, 11) is 0. The van der Waals surface area contributed by atoms with Crippen molar-refractivity contribution < 1.29 is 9.90 Å². The van der Waals surface area contributed by atoms with Crippen molar-refractivity contribution in [2.75, 3.05) is 12.3 Å². The number of carboxylic acid groups (broad SMARTS) is 1. The summed E-state index contributed by atoms with van der Waals surface area (Å²) in [5.41, 5.74) is -0.886. The number of carboxylic acids is 1. The summed E-state index contributed by atoms with van der Waals surface area (Å²) in [6.45, 7) is 4.24. The molecule has 2 N–H and O–H groups in total. The maximum absolute atomic E-state index is 11.1. The lowest BCUT2D eigenvalue weighted by molar-refractivity contribution is -0.143. The Kier molecular flexibility index (Phi) is 4.76. The van der Waals surface area contributed by atoms with E-state index < -0.39 is 11.5 Å². The number of aromatic nitrogens is 1. The van der Waals surface area contributed by atoms with Gasteiger partial charge in [0.15, 0.2) is 0 Å². The molecule has 1 unspecified atom stereocenters. The SMILES string of the molecule is CCNC(C)(CSc1ccncc1)C(=O)O. The van der Waals surface area contributed by atoms with Crippen LogP contribution in [0.3, 0.4) is 0 Å². The molecule has 0 radical (unpaired) electrons. The molecule has 0 aliphatic heterocycles. The monoisotopic (exact) mass is 240 g/mol. The average molecular weight is 240 g/mol. The van der Waals surface area contributed by atoms with Crippen LogP contribution in [-0.2, 0) is 4.79 Å². The first-order chi connectivity index (χ1) is 7.58. The number of carbonyl (C=O) groups is 1. The van der Waals surface area contributed by atoms with Crippen LogP contribution in [0.15, 0.2) is 29.4 Å². The van der Waals surface area contributed by atoms with Crippen molar-refractivity contribution in [1.29, 1.82) is 0 Å². The summed E-state index contributed by atoms with van der Waals surface area (Å²) in [6, 6.07) is 3.75. The fourth-order valence-electron chi connectivity index (χ4n) is 1.24. The third kappa shape index (κ3) is 3.50. The predicted octanol–water partition coefficient (Wildman–Crippen LogP) is 1.63. The van der Waals surface area contributed by atoms with Gasteiger partial charge in [0.25, 0.3) is 0 Å². The van der Waals surface area contributed by atoms with Crippen molar-refractivity contribution in [3.63, 3.8) is 0 Å². The van der Waals surface area contributed by atoms with Gasteiger partial charge in [-0.15, -0.1) is 11.8 Å². The average Bonchev–Trinajstić information content (AvgIpc) is 2.28. The molecule has 4 nitrogen and oxygen atoms in total. The molecule has 0 aliphatic carbocycles.